The smallest absolute Gasteiger partial charge is 0.107 e. The Morgan fingerprint density at radius 3 is 2.75 bits per heavy atom. The molecule has 0 bridgehead atoms. The summed E-state index contributed by atoms with van der Waals surface area (Å²) in [7, 11) is 0. The quantitative estimate of drug-likeness (QED) is 0.729. The van der Waals surface area contributed by atoms with Crippen LogP contribution in [-0.2, 0) is 0 Å². The highest BCUT2D eigenvalue weighted by Gasteiger charge is 2.01. The molecule has 0 atom stereocenters. The van der Waals surface area contributed by atoms with Crippen molar-refractivity contribution in [2.75, 3.05) is 0 Å². The molecule has 0 saturated carbocycles. The van der Waals surface area contributed by atoms with Crippen LogP contribution >= 0.6 is 35.6 Å². The van der Waals surface area contributed by atoms with Crippen molar-refractivity contribution >= 4 is 46.6 Å². The van der Waals surface area contributed by atoms with Crippen LogP contribution in [0.4, 0.5) is 0 Å². The van der Waals surface area contributed by atoms with E-state index in [-0.39, 0.29) is 12.4 Å². The summed E-state index contributed by atoms with van der Waals surface area (Å²) in [6, 6.07) is 3.46. The van der Waals surface area contributed by atoms with Crippen molar-refractivity contribution in [3.05, 3.63) is 28.5 Å². The third-order valence-electron chi connectivity index (χ3n) is 1.44. The van der Waals surface area contributed by atoms with E-state index in [9.17, 15) is 0 Å². The van der Waals surface area contributed by atoms with Crippen molar-refractivity contribution in [2.24, 2.45) is 0 Å². The number of aromatic nitrogens is 2. The van der Waals surface area contributed by atoms with Crippen molar-refractivity contribution in [1.29, 1.82) is 0 Å². The predicted octanol–water partition coefficient (Wildman–Crippen LogP) is 3.29. The molecule has 0 aliphatic rings. The van der Waals surface area contributed by atoms with E-state index in [4.69, 9.17) is 23.2 Å². The van der Waals surface area contributed by atoms with Crippen LogP contribution < -0.4 is 0 Å². The second kappa shape index (κ2) is 3.52. The maximum atomic E-state index is 5.84. The highest BCUT2D eigenvalue weighted by atomic mass is 35.5. The van der Waals surface area contributed by atoms with Crippen molar-refractivity contribution < 1.29 is 0 Å². The SMILES string of the molecule is Cl.Clc1cc(Cl)c2nc[nH]c2c1. The number of imidazole rings is 1. The summed E-state index contributed by atoms with van der Waals surface area (Å²) < 4.78 is 0. The van der Waals surface area contributed by atoms with E-state index < -0.39 is 0 Å². The molecule has 0 spiro atoms. The number of nitrogens with zero attached hydrogens (tertiary/aromatic N) is 1. The fourth-order valence-corrected chi connectivity index (χ4v) is 1.52. The van der Waals surface area contributed by atoms with Gasteiger partial charge in [-0.15, -0.1) is 12.4 Å². The molecule has 0 fully saturated rings. The Hall–Kier alpha value is -0.440. The van der Waals surface area contributed by atoms with Gasteiger partial charge in [0.25, 0.3) is 0 Å². The average molecular weight is 223 g/mol. The molecule has 1 heterocycles. The second-order valence-corrected chi connectivity index (χ2v) is 3.03. The molecule has 0 aliphatic heterocycles. The van der Waals surface area contributed by atoms with Crippen molar-refractivity contribution in [1.82, 2.24) is 9.97 Å². The van der Waals surface area contributed by atoms with Crippen LogP contribution in [0.3, 0.4) is 0 Å². The Kier molecular flexibility index (Phi) is 2.83. The minimum atomic E-state index is 0. The third-order valence-corrected chi connectivity index (χ3v) is 1.95. The fraction of sp³-hybridized carbons (Fsp3) is 0. The van der Waals surface area contributed by atoms with E-state index in [0.29, 0.717) is 10.0 Å². The number of aromatic amines is 1. The van der Waals surface area contributed by atoms with E-state index in [1.54, 1.807) is 18.5 Å². The molecule has 0 unspecified atom stereocenters. The van der Waals surface area contributed by atoms with Crippen LogP contribution in [0.1, 0.15) is 0 Å². The van der Waals surface area contributed by atoms with Gasteiger partial charge in [0.05, 0.1) is 16.9 Å². The van der Waals surface area contributed by atoms with Gasteiger partial charge in [0, 0.05) is 5.02 Å². The molecule has 1 aromatic heterocycles. The normalized spacial score (nSPS) is 9.83. The molecule has 64 valence electrons. The molecule has 2 nitrogen and oxygen atoms in total. The topological polar surface area (TPSA) is 28.7 Å². The van der Waals surface area contributed by atoms with Gasteiger partial charge in [-0.25, -0.2) is 4.98 Å². The molecule has 1 N–H and O–H groups in total. The standard InChI is InChI=1S/C7H4Cl2N2.ClH/c8-4-1-5(9)7-6(2-4)10-3-11-7;/h1-3H,(H,10,11);1H. The van der Waals surface area contributed by atoms with Gasteiger partial charge in [-0.2, -0.15) is 0 Å². The molecule has 2 aromatic rings. The van der Waals surface area contributed by atoms with E-state index >= 15 is 0 Å². The zero-order chi connectivity index (χ0) is 7.84. The molecular weight excluding hydrogens is 218 g/mol. The van der Waals surface area contributed by atoms with Crippen LogP contribution in [0, 0.1) is 0 Å². The lowest BCUT2D eigenvalue weighted by molar-refractivity contribution is 1.34. The first-order valence-corrected chi connectivity index (χ1v) is 3.81. The summed E-state index contributed by atoms with van der Waals surface area (Å²) in [5.41, 5.74) is 1.62. The van der Waals surface area contributed by atoms with Gasteiger partial charge in [0.2, 0.25) is 0 Å². The van der Waals surface area contributed by atoms with Gasteiger partial charge in [0.1, 0.15) is 5.52 Å². The molecule has 0 amide bonds. The van der Waals surface area contributed by atoms with Gasteiger partial charge in [-0.3, -0.25) is 0 Å². The predicted molar refractivity (Wildman–Crippen MR) is 53.4 cm³/mol. The van der Waals surface area contributed by atoms with Crippen LogP contribution in [0.15, 0.2) is 18.5 Å². The summed E-state index contributed by atoms with van der Waals surface area (Å²) in [6.45, 7) is 0. The first kappa shape index (κ1) is 9.65. The van der Waals surface area contributed by atoms with E-state index in [1.165, 1.54) is 0 Å². The number of hydrogen-bond donors (Lipinski definition) is 1. The van der Waals surface area contributed by atoms with Crippen molar-refractivity contribution in [3.8, 4) is 0 Å². The highest BCUT2D eigenvalue weighted by Crippen LogP contribution is 2.24. The molecule has 0 radical (unpaired) electrons. The van der Waals surface area contributed by atoms with E-state index in [1.807, 2.05) is 0 Å². The monoisotopic (exact) mass is 222 g/mol. The first-order valence-electron chi connectivity index (χ1n) is 3.05. The molecular formula is C7H5Cl3N2. The van der Waals surface area contributed by atoms with Crippen molar-refractivity contribution in [3.63, 3.8) is 0 Å². The average Bonchev–Trinajstić information content (AvgIpc) is 2.34. The van der Waals surface area contributed by atoms with Crippen LogP contribution in [0.5, 0.6) is 0 Å². The number of halogens is 3. The van der Waals surface area contributed by atoms with Gasteiger partial charge < -0.3 is 4.98 Å². The van der Waals surface area contributed by atoms with Gasteiger partial charge in [-0.05, 0) is 12.1 Å². The molecule has 0 saturated heterocycles. The molecule has 12 heavy (non-hydrogen) atoms. The zero-order valence-electron chi connectivity index (χ0n) is 5.84. The molecule has 1 aromatic carbocycles. The lowest BCUT2D eigenvalue weighted by atomic mass is 10.3. The zero-order valence-corrected chi connectivity index (χ0v) is 8.17. The van der Waals surface area contributed by atoms with Crippen LogP contribution in [-0.4, -0.2) is 9.97 Å². The second-order valence-electron chi connectivity index (χ2n) is 2.19. The number of rotatable bonds is 0. The van der Waals surface area contributed by atoms with Gasteiger partial charge >= 0.3 is 0 Å². The molecule has 0 aliphatic carbocycles. The minimum absolute atomic E-state index is 0. The Morgan fingerprint density at radius 1 is 1.25 bits per heavy atom. The number of H-pyrrole nitrogens is 1. The fourth-order valence-electron chi connectivity index (χ4n) is 0.974. The largest absolute Gasteiger partial charge is 0.345 e. The minimum Gasteiger partial charge on any atom is -0.345 e. The Balaban J connectivity index is 0.000000720. The van der Waals surface area contributed by atoms with Crippen LogP contribution in [0.2, 0.25) is 10.0 Å². The summed E-state index contributed by atoms with van der Waals surface area (Å²) >= 11 is 11.6. The summed E-state index contributed by atoms with van der Waals surface area (Å²) in [5, 5.41) is 1.19. The lowest BCUT2D eigenvalue weighted by Gasteiger charge is -1.92. The third kappa shape index (κ3) is 1.51. The van der Waals surface area contributed by atoms with E-state index in [0.717, 1.165) is 11.0 Å². The number of nitrogens with one attached hydrogen (secondary N) is 1. The number of fused-ring (bicyclic) bond motifs is 1. The first-order chi connectivity index (χ1) is 5.27. The Morgan fingerprint density at radius 2 is 2.00 bits per heavy atom. The highest BCUT2D eigenvalue weighted by molar-refractivity contribution is 6.38. The van der Waals surface area contributed by atoms with Crippen LogP contribution in [0.25, 0.3) is 11.0 Å². The van der Waals surface area contributed by atoms with Gasteiger partial charge in [-0.1, -0.05) is 23.2 Å². The van der Waals surface area contributed by atoms with Crippen molar-refractivity contribution in [2.45, 2.75) is 0 Å². The Labute approximate surface area is 85.3 Å². The summed E-state index contributed by atoms with van der Waals surface area (Å²) in [4.78, 5) is 6.93. The maximum absolute atomic E-state index is 5.84. The number of benzene rings is 1. The summed E-state index contributed by atoms with van der Waals surface area (Å²) in [6.07, 6.45) is 1.59. The Bertz CT molecular complexity index is 396. The maximum Gasteiger partial charge on any atom is 0.107 e. The summed E-state index contributed by atoms with van der Waals surface area (Å²) in [5.74, 6) is 0. The number of hydrogen-bond acceptors (Lipinski definition) is 1. The lowest BCUT2D eigenvalue weighted by Crippen LogP contribution is -1.71. The van der Waals surface area contributed by atoms with Gasteiger partial charge in [0.15, 0.2) is 0 Å². The molecule has 2 rings (SSSR count). The van der Waals surface area contributed by atoms with E-state index in [2.05, 4.69) is 9.97 Å². The molecule has 5 heteroatoms.